The first kappa shape index (κ1) is 15.5. The van der Waals surface area contributed by atoms with E-state index >= 15 is 0 Å². The van der Waals surface area contributed by atoms with Gasteiger partial charge in [0.05, 0.1) is 12.2 Å². The highest BCUT2D eigenvalue weighted by atomic mass is 16.3. The second kappa shape index (κ2) is 5.21. The molecule has 124 valence electrons. The van der Waals surface area contributed by atoms with Gasteiger partial charge in [-0.2, -0.15) is 5.26 Å². The molecule has 0 unspecified atom stereocenters. The van der Waals surface area contributed by atoms with Gasteiger partial charge in [-0.05, 0) is 80.0 Å². The van der Waals surface area contributed by atoms with Crippen molar-refractivity contribution in [2.45, 2.75) is 71.3 Å². The fraction of sp³-hybridized carbons (Fsp3) is 0.762. The Balaban J connectivity index is 1.68. The molecule has 1 N–H and O–H groups in total. The number of aliphatic hydroxyl groups is 1. The van der Waals surface area contributed by atoms with Gasteiger partial charge in [0.2, 0.25) is 0 Å². The number of fused-ring (bicyclic) bond motifs is 5. The van der Waals surface area contributed by atoms with Crippen LogP contribution >= 0.6 is 0 Å². The molecule has 4 rings (SSSR count). The lowest BCUT2D eigenvalue weighted by atomic mass is 9.48. The SMILES string of the molecule is C[C@]12CC[C@@H](O)CC1=CC[C@@H]1[C@@H]2CC[C@]2(C)/C(=C/C#N)CC[C@@H]12. The molecule has 0 aromatic heterocycles. The minimum Gasteiger partial charge on any atom is -0.393 e. The van der Waals surface area contributed by atoms with Gasteiger partial charge in [-0.1, -0.05) is 31.1 Å². The Labute approximate surface area is 140 Å². The van der Waals surface area contributed by atoms with Crippen LogP contribution in [0, 0.1) is 39.9 Å². The van der Waals surface area contributed by atoms with Crippen molar-refractivity contribution in [3.63, 3.8) is 0 Å². The summed E-state index contributed by atoms with van der Waals surface area (Å²) in [5.41, 5.74) is 3.56. The molecular weight excluding hydrogens is 282 g/mol. The number of allylic oxidation sites excluding steroid dienone is 3. The Morgan fingerprint density at radius 1 is 1.17 bits per heavy atom. The van der Waals surface area contributed by atoms with E-state index in [-0.39, 0.29) is 11.5 Å². The number of rotatable bonds is 0. The molecule has 2 nitrogen and oxygen atoms in total. The normalized spacial score (nSPS) is 50.5. The number of aliphatic hydroxyl groups excluding tert-OH is 1. The minimum atomic E-state index is -0.114. The fourth-order valence-corrected chi connectivity index (χ4v) is 6.80. The molecule has 0 aliphatic heterocycles. The third kappa shape index (κ3) is 2.09. The molecule has 2 heteroatoms. The maximum absolute atomic E-state index is 10.1. The Morgan fingerprint density at radius 3 is 2.70 bits per heavy atom. The lowest BCUT2D eigenvalue weighted by molar-refractivity contribution is -0.0268. The third-order valence-corrected chi connectivity index (χ3v) is 8.16. The van der Waals surface area contributed by atoms with Crippen molar-refractivity contribution in [3.05, 3.63) is 23.3 Å². The molecule has 0 radical (unpaired) electrons. The van der Waals surface area contributed by atoms with E-state index in [0.717, 1.165) is 43.4 Å². The maximum Gasteiger partial charge on any atom is 0.0911 e. The van der Waals surface area contributed by atoms with Crippen molar-refractivity contribution in [2.75, 3.05) is 0 Å². The summed E-state index contributed by atoms with van der Waals surface area (Å²) in [6, 6.07) is 2.30. The topological polar surface area (TPSA) is 44.0 Å². The lowest BCUT2D eigenvalue weighted by Gasteiger charge is -2.57. The Hall–Kier alpha value is -1.07. The van der Waals surface area contributed by atoms with Crippen LogP contribution in [0.2, 0.25) is 0 Å². The van der Waals surface area contributed by atoms with Crippen LogP contribution in [0.3, 0.4) is 0 Å². The van der Waals surface area contributed by atoms with Gasteiger partial charge in [0.25, 0.3) is 0 Å². The second-order valence-electron chi connectivity index (χ2n) is 8.95. The maximum atomic E-state index is 10.1. The number of hydrogen-bond acceptors (Lipinski definition) is 2. The monoisotopic (exact) mass is 311 g/mol. The first-order chi connectivity index (χ1) is 11.0. The van der Waals surface area contributed by atoms with E-state index in [9.17, 15) is 5.11 Å². The highest BCUT2D eigenvalue weighted by molar-refractivity contribution is 5.31. The summed E-state index contributed by atoms with van der Waals surface area (Å²) in [6.07, 6.45) is 13.4. The zero-order valence-corrected chi connectivity index (χ0v) is 14.5. The van der Waals surface area contributed by atoms with Crippen molar-refractivity contribution in [1.82, 2.24) is 0 Å². The van der Waals surface area contributed by atoms with Gasteiger partial charge in [0.15, 0.2) is 0 Å². The van der Waals surface area contributed by atoms with Gasteiger partial charge in [-0.3, -0.25) is 0 Å². The third-order valence-electron chi connectivity index (χ3n) is 8.16. The molecule has 0 aromatic carbocycles. The Morgan fingerprint density at radius 2 is 1.91 bits per heavy atom. The van der Waals surface area contributed by atoms with Crippen LogP contribution in [0.15, 0.2) is 23.3 Å². The van der Waals surface area contributed by atoms with E-state index in [1.54, 1.807) is 5.57 Å². The molecule has 0 aromatic rings. The lowest BCUT2D eigenvalue weighted by Crippen LogP contribution is -2.49. The van der Waals surface area contributed by atoms with Gasteiger partial charge >= 0.3 is 0 Å². The summed E-state index contributed by atoms with van der Waals surface area (Å²) in [5.74, 6) is 2.32. The van der Waals surface area contributed by atoms with Crippen LogP contribution in [-0.2, 0) is 0 Å². The molecule has 23 heavy (non-hydrogen) atoms. The van der Waals surface area contributed by atoms with E-state index < -0.39 is 0 Å². The standard InChI is InChI=1S/C21H29NO/c1-20-11-8-19-17(18(20)6-4-14(20)9-12-22)5-3-15-13-16(23)7-10-21(15,19)2/h3,9,16-19,23H,4-8,10-11,13H2,1-2H3/b14-9+/t16-,17+,18+,19+,20-,21+/m1/s1. The Kier molecular flexibility index (Phi) is 3.50. The summed E-state index contributed by atoms with van der Waals surface area (Å²) in [4.78, 5) is 0. The average molecular weight is 311 g/mol. The van der Waals surface area contributed by atoms with Crippen molar-refractivity contribution in [3.8, 4) is 6.07 Å². The van der Waals surface area contributed by atoms with Gasteiger partial charge in [0, 0.05) is 6.08 Å². The van der Waals surface area contributed by atoms with Crippen LogP contribution in [0.4, 0.5) is 0 Å². The molecule has 0 saturated heterocycles. The number of nitrogens with zero attached hydrogens (tertiary/aromatic N) is 1. The molecule has 4 aliphatic rings. The fourth-order valence-electron chi connectivity index (χ4n) is 6.80. The van der Waals surface area contributed by atoms with E-state index in [0.29, 0.717) is 5.41 Å². The van der Waals surface area contributed by atoms with Crippen molar-refractivity contribution < 1.29 is 5.11 Å². The van der Waals surface area contributed by atoms with Crippen LogP contribution in [0.5, 0.6) is 0 Å². The largest absolute Gasteiger partial charge is 0.393 e. The smallest absolute Gasteiger partial charge is 0.0911 e. The number of hydrogen-bond donors (Lipinski definition) is 1. The van der Waals surface area contributed by atoms with E-state index in [2.05, 4.69) is 26.0 Å². The van der Waals surface area contributed by atoms with E-state index in [1.807, 2.05) is 6.08 Å². The van der Waals surface area contributed by atoms with E-state index in [4.69, 9.17) is 5.26 Å². The zero-order valence-electron chi connectivity index (χ0n) is 14.5. The molecule has 0 heterocycles. The molecule has 3 fully saturated rings. The summed E-state index contributed by atoms with van der Waals surface area (Å²) >= 11 is 0. The van der Waals surface area contributed by atoms with E-state index in [1.165, 1.54) is 31.3 Å². The van der Waals surface area contributed by atoms with Crippen molar-refractivity contribution in [1.29, 1.82) is 5.26 Å². The van der Waals surface area contributed by atoms with Gasteiger partial charge < -0.3 is 5.11 Å². The molecule has 3 saturated carbocycles. The highest BCUT2D eigenvalue weighted by Crippen LogP contribution is 2.66. The van der Waals surface area contributed by atoms with Crippen molar-refractivity contribution in [2.24, 2.45) is 28.6 Å². The average Bonchev–Trinajstić information content (AvgIpc) is 2.85. The van der Waals surface area contributed by atoms with Crippen LogP contribution in [0.25, 0.3) is 0 Å². The van der Waals surface area contributed by atoms with Gasteiger partial charge in [-0.25, -0.2) is 0 Å². The van der Waals surface area contributed by atoms with Crippen molar-refractivity contribution >= 4 is 0 Å². The predicted molar refractivity (Wildman–Crippen MR) is 91.4 cm³/mol. The van der Waals surface area contributed by atoms with Gasteiger partial charge in [-0.15, -0.1) is 0 Å². The van der Waals surface area contributed by atoms with Crippen LogP contribution in [0.1, 0.15) is 65.2 Å². The summed E-state index contributed by atoms with van der Waals surface area (Å²) in [6.45, 7) is 4.90. The summed E-state index contributed by atoms with van der Waals surface area (Å²) in [5, 5.41) is 19.2. The number of nitriles is 1. The molecule has 6 atom stereocenters. The molecule has 0 bridgehead atoms. The quantitative estimate of drug-likeness (QED) is 0.518. The molecular formula is C21H29NO. The van der Waals surface area contributed by atoms with Gasteiger partial charge in [0.1, 0.15) is 0 Å². The molecule has 4 aliphatic carbocycles. The predicted octanol–water partition coefficient (Wildman–Crippen LogP) is 4.76. The molecule has 0 amide bonds. The summed E-state index contributed by atoms with van der Waals surface area (Å²) in [7, 11) is 0. The first-order valence-corrected chi connectivity index (χ1v) is 9.46. The highest BCUT2D eigenvalue weighted by Gasteiger charge is 2.57. The summed E-state index contributed by atoms with van der Waals surface area (Å²) < 4.78 is 0. The minimum absolute atomic E-state index is 0.114. The van der Waals surface area contributed by atoms with Crippen LogP contribution in [-0.4, -0.2) is 11.2 Å². The zero-order chi connectivity index (χ0) is 16.2. The van der Waals surface area contributed by atoms with Crippen LogP contribution < -0.4 is 0 Å². The Bertz CT molecular complexity index is 612. The first-order valence-electron chi connectivity index (χ1n) is 9.46. The second-order valence-corrected chi connectivity index (χ2v) is 8.95. The molecule has 0 spiro atoms.